The van der Waals surface area contributed by atoms with Crippen LogP contribution < -0.4 is 5.73 Å². The van der Waals surface area contributed by atoms with Gasteiger partial charge in [0.1, 0.15) is 0 Å². The van der Waals surface area contributed by atoms with Crippen LogP contribution in [0.5, 0.6) is 0 Å². The molecule has 0 saturated heterocycles. The molecule has 1 amide bonds. The molecule has 3 rings (SSSR count). The van der Waals surface area contributed by atoms with Crippen LogP contribution in [-0.2, 0) is 24.1 Å². The first-order valence-corrected chi connectivity index (χ1v) is 9.35. The topological polar surface area (TPSA) is 73.1 Å². The summed E-state index contributed by atoms with van der Waals surface area (Å²) in [7, 11) is 0. The molecule has 120 valence electrons. The number of hydrogen-bond acceptors (Lipinski definition) is 5. The maximum atomic E-state index is 12.4. The molecule has 0 spiro atoms. The van der Waals surface area contributed by atoms with Crippen molar-refractivity contribution >= 4 is 34.8 Å². The number of benzene rings is 1. The van der Waals surface area contributed by atoms with Crippen LogP contribution in [0.3, 0.4) is 0 Å². The Morgan fingerprint density at radius 3 is 2.87 bits per heavy atom. The van der Waals surface area contributed by atoms with E-state index >= 15 is 0 Å². The molecule has 0 aliphatic heterocycles. The van der Waals surface area contributed by atoms with Crippen LogP contribution in [0.1, 0.15) is 38.5 Å². The van der Waals surface area contributed by atoms with Gasteiger partial charge in [0.25, 0.3) is 0 Å². The van der Waals surface area contributed by atoms with Gasteiger partial charge in [0.15, 0.2) is 10.1 Å². The molecule has 23 heavy (non-hydrogen) atoms. The molecular weight excluding hydrogens is 328 g/mol. The molecule has 1 aliphatic rings. The van der Waals surface area contributed by atoms with Crippen LogP contribution in [0, 0.1) is 6.92 Å². The Balaban J connectivity index is 1.64. The van der Waals surface area contributed by atoms with Gasteiger partial charge >= 0.3 is 0 Å². The Labute approximate surface area is 143 Å². The minimum atomic E-state index is -0.359. The lowest BCUT2D eigenvalue weighted by Gasteiger charge is -2.03. The van der Waals surface area contributed by atoms with Crippen molar-refractivity contribution < 1.29 is 9.59 Å². The van der Waals surface area contributed by atoms with E-state index < -0.39 is 0 Å². The molecule has 0 atom stereocenters. The number of carbonyl (C=O) groups excluding carboxylic acids is 2. The smallest absolute Gasteiger partial charge is 0.222 e. The number of hydrogen-bond donors (Lipinski definition) is 1. The fraction of sp³-hybridized carbons (Fsp3) is 0.353. The van der Waals surface area contributed by atoms with Gasteiger partial charge in [-0.05, 0) is 43.4 Å². The summed E-state index contributed by atoms with van der Waals surface area (Å²) in [4.78, 5) is 28.7. The molecule has 0 saturated carbocycles. The van der Waals surface area contributed by atoms with Crippen molar-refractivity contribution in [3.05, 3.63) is 45.5 Å². The first-order chi connectivity index (χ1) is 11.0. The van der Waals surface area contributed by atoms with Crippen LogP contribution in [0.2, 0.25) is 0 Å². The number of aromatic nitrogens is 1. The number of nitrogens with two attached hydrogens (primary N) is 1. The van der Waals surface area contributed by atoms with E-state index in [1.165, 1.54) is 40.6 Å². The Kier molecular flexibility index (Phi) is 4.82. The van der Waals surface area contributed by atoms with Crippen LogP contribution >= 0.6 is 23.1 Å². The Morgan fingerprint density at radius 1 is 1.30 bits per heavy atom. The summed E-state index contributed by atoms with van der Waals surface area (Å²) in [6.45, 7) is 1.86. The van der Waals surface area contributed by atoms with Crippen molar-refractivity contribution in [3.8, 4) is 0 Å². The summed E-state index contributed by atoms with van der Waals surface area (Å²) in [6.07, 6.45) is 3.59. The maximum Gasteiger partial charge on any atom is 0.222 e. The van der Waals surface area contributed by atoms with Crippen LogP contribution in [0.15, 0.2) is 22.5 Å². The second kappa shape index (κ2) is 6.84. The third kappa shape index (κ3) is 3.82. The number of amides is 1. The highest BCUT2D eigenvalue weighted by Crippen LogP contribution is 2.29. The van der Waals surface area contributed by atoms with Crippen molar-refractivity contribution in [2.24, 2.45) is 5.73 Å². The molecule has 1 aliphatic carbocycles. The lowest BCUT2D eigenvalue weighted by molar-refractivity contribution is -0.117. The summed E-state index contributed by atoms with van der Waals surface area (Å²) >= 11 is 2.87. The Morgan fingerprint density at radius 2 is 2.09 bits per heavy atom. The number of ketones is 1. The van der Waals surface area contributed by atoms with E-state index in [4.69, 9.17) is 5.73 Å². The van der Waals surface area contributed by atoms with Crippen molar-refractivity contribution in [2.75, 3.05) is 5.75 Å². The molecule has 1 aromatic carbocycles. The molecule has 6 heteroatoms. The van der Waals surface area contributed by atoms with E-state index in [-0.39, 0.29) is 18.1 Å². The van der Waals surface area contributed by atoms with Crippen molar-refractivity contribution in [2.45, 2.75) is 36.9 Å². The monoisotopic (exact) mass is 346 g/mol. The fourth-order valence-corrected chi connectivity index (χ4v) is 4.88. The average molecular weight is 346 g/mol. The lowest BCUT2D eigenvalue weighted by atomic mass is 10.0. The SMILES string of the molecule is Cc1nc(SCC(=O)c2ccc3c(c2)CCC3)sc1CC(N)=O. The molecule has 0 unspecified atom stereocenters. The average Bonchev–Trinajstić information content (AvgIpc) is 3.10. The summed E-state index contributed by atoms with van der Waals surface area (Å²) in [5.41, 5.74) is 9.52. The van der Waals surface area contributed by atoms with Gasteiger partial charge in [-0.1, -0.05) is 23.9 Å². The van der Waals surface area contributed by atoms with Gasteiger partial charge in [0.05, 0.1) is 17.9 Å². The molecule has 1 aromatic heterocycles. The van der Waals surface area contributed by atoms with Crippen molar-refractivity contribution in [1.29, 1.82) is 0 Å². The summed E-state index contributed by atoms with van der Waals surface area (Å²) in [5, 5.41) is 0. The van der Waals surface area contributed by atoms with Crippen molar-refractivity contribution in [1.82, 2.24) is 4.98 Å². The van der Waals surface area contributed by atoms with Gasteiger partial charge in [-0.25, -0.2) is 4.98 Å². The van der Waals surface area contributed by atoms with E-state index in [0.717, 1.165) is 33.3 Å². The molecule has 0 fully saturated rings. The molecule has 2 aromatic rings. The molecular formula is C17H18N2O2S2. The zero-order chi connectivity index (χ0) is 16.4. The number of Topliss-reactive ketones (excluding diaryl/α,β-unsaturated/α-hetero) is 1. The van der Waals surface area contributed by atoms with E-state index in [9.17, 15) is 9.59 Å². The highest BCUT2D eigenvalue weighted by Gasteiger charge is 2.16. The normalized spacial score (nSPS) is 13.1. The van der Waals surface area contributed by atoms with Gasteiger partial charge < -0.3 is 5.73 Å². The number of carbonyl (C=O) groups is 2. The van der Waals surface area contributed by atoms with Crippen molar-refractivity contribution in [3.63, 3.8) is 0 Å². The number of rotatable bonds is 6. The minimum Gasteiger partial charge on any atom is -0.369 e. The largest absolute Gasteiger partial charge is 0.369 e. The number of primary amides is 1. The Hall–Kier alpha value is -1.66. The third-order valence-corrected chi connectivity index (χ3v) is 6.26. The first-order valence-electron chi connectivity index (χ1n) is 7.55. The number of thioether (sulfide) groups is 1. The minimum absolute atomic E-state index is 0.119. The van der Waals surface area contributed by atoms with E-state index in [0.29, 0.717) is 5.75 Å². The van der Waals surface area contributed by atoms with Gasteiger partial charge in [0, 0.05) is 10.4 Å². The fourth-order valence-electron chi connectivity index (χ4n) is 2.74. The Bertz CT molecular complexity index is 768. The quantitative estimate of drug-likeness (QED) is 0.645. The van der Waals surface area contributed by atoms with Gasteiger partial charge in [-0.2, -0.15) is 0 Å². The van der Waals surface area contributed by atoms with Crippen LogP contribution in [0.25, 0.3) is 0 Å². The highest BCUT2D eigenvalue weighted by atomic mass is 32.2. The molecule has 2 N–H and O–H groups in total. The number of aryl methyl sites for hydroxylation is 3. The predicted molar refractivity (Wildman–Crippen MR) is 93.3 cm³/mol. The van der Waals surface area contributed by atoms with E-state index in [2.05, 4.69) is 11.1 Å². The lowest BCUT2D eigenvalue weighted by Crippen LogP contribution is -2.13. The second-order valence-corrected chi connectivity index (χ2v) is 7.99. The standard InChI is InChI=1S/C17H18N2O2S2/c1-10-15(8-16(18)21)23-17(19-10)22-9-14(20)13-6-5-11-3-2-4-12(11)7-13/h5-7H,2-4,8-9H2,1H3,(H2,18,21). The van der Waals surface area contributed by atoms with Crippen LogP contribution in [-0.4, -0.2) is 22.4 Å². The third-order valence-electron chi connectivity index (χ3n) is 3.96. The molecule has 1 heterocycles. The number of fused-ring (bicyclic) bond motifs is 1. The molecule has 0 bridgehead atoms. The van der Waals surface area contributed by atoms with E-state index in [1.54, 1.807) is 0 Å². The number of nitrogens with zero attached hydrogens (tertiary/aromatic N) is 1. The number of thiazole rings is 1. The maximum absolute atomic E-state index is 12.4. The zero-order valence-corrected chi connectivity index (χ0v) is 14.6. The molecule has 4 nitrogen and oxygen atoms in total. The first kappa shape index (κ1) is 16.2. The summed E-state index contributed by atoms with van der Waals surface area (Å²) < 4.78 is 0.813. The van der Waals surface area contributed by atoms with Gasteiger partial charge in [0.2, 0.25) is 5.91 Å². The summed E-state index contributed by atoms with van der Waals surface area (Å²) in [6, 6.07) is 6.05. The highest BCUT2D eigenvalue weighted by molar-refractivity contribution is 8.01. The predicted octanol–water partition coefficient (Wildman–Crippen LogP) is 2.94. The van der Waals surface area contributed by atoms with Crippen LogP contribution in [0.4, 0.5) is 0 Å². The zero-order valence-electron chi connectivity index (χ0n) is 12.9. The second-order valence-electron chi connectivity index (χ2n) is 5.68. The summed E-state index contributed by atoms with van der Waals surface area (Å²) in [5.74, 6) is 0.124. The van der Waals surface area contributed by atoms with Gasteiger partial charge in [-0.3, -0.25) is 9.59 Å². The van der Waals surface area contributed by atoms with Gasteiger partial charge in [-0.15, -0.1) is 11.3 Å². The van der Waals surface area contributed by atoms with E-state index in [1.807, 2.05) is 19.1 Å². The molecule has 0 radical (unpaired) electrons.